The van der Waals surface area contributed by atoms with Crippen molar-refractivity contribution in [3.05, 3.63) is 223 Å². The molecule has 0 spiro atoms. The topological polar surface area (TPSA) is 64.5 Å². The average molecular weight is 728 g/mol. The van der Waals surface area contributed by atoms with Gasteiger partial charge in [-0.15, -0.1) is 0 Å². The van der Waals surface area contributed by atoms with Crippen molar-refractivity contribution in [2.75, 3.05) is 0 Å². The van der Waals surface area contributed by atoms with Crippen molar-refractivity contribution >= 4 is 21.8 Å². The molecule has 10 aromatic rings. The Balaban J connectivity index is 1.09. The van der Waals surface area contributed by atoms with Crippen molar-refractivity contribution < 1.29 is 0 Å². The molecule has 0 aliphatic heterocycles. The lowest BCUT2D eigenvalue weighted by atomic mass is 9.67. The largest absolute Gasteiger partial charge is 0.256 e. The highest BCUT2D eigenvalue weighted by Gasteiger charge is 2.46. The van der Waals surface area contributed by atoms with Crippen molar-refractivity contribution in [2.45, 2.75) is 5.41 Å². The molecular weight excluding hydrogens is 695 g/mol. The molecule has 0 saturated carbocycles. The summed E-state index contributed by atoms with van der Waals surface area (Å²) in [5, 5.41) is 2.14. The zero-order valence-electron chi connectivity index (χ0n) is 30.8. The van der Waals surface area contributed by atoms with Crippen LogP contribution >= 0.6 is 0 Å². The molecule has 0 radical (unpaired) electrons. The Morgan fingerprint density at radius 3 is 1.74 bits per heavy atom. The van der Waals surface area contributed by atoms with Crippen LogP contribution < -0.4 is 0 Å². The summed E-state index contributed by atoms with van der Waals surface area (Å²) in [6.45, 7) is 0. The van der Waals surface area contributed by atoms with Gasteiger partial charge in [0, 0.05) is 28.1 Å². The average Bonchev–Trinajstić information content (AvgIpc) is 3.59. The lowest BCUT2D eigenvalue weighted by Crippen LogP contribution is -2.28. The second-order valence-corrected chi connectivity index (χ2v) is 14.5. The SMILES string of the molecule is c1ccc(-c2nc(-c3ccc4c(c3)C(c3ccccc3)(c3ccccc3)c3ccccc3-4)nc(-c3ccc4ccc(-c5ccc6ncccc6c5)cc4n3)n2)cc1. The summed E-state index contributed by atoms with van der Waals surface area (Å²) in [6, 6.07) is 68.2. The van der Waals surface area contributed by atoms with E-state index in [9.17, 15) is 0 Å². The molecule has 1 aliphatic carbocycles. The van der Waals surface area contributed by atoms with Crippen LogP contribution in [0.4, 0.5) is 0 Å². The van der Waals surface area contributed by atoms with Gasteiger partial charge in [0.05, 0.1) is 16.4 Å². The third-order valence-electron chi connectivity index (χ3n) is 11.2. The van der Waals surface area contributed by atoms with E-state index in [-0.39, 0.29) is 0 Å². The third kappa shape index (κ3) is 5.43. The maximum absolute atomic E-state index is 5.20. The fraction of sp³-hybridized carbons (Fsp3) is 0.0192. The van der Waals surface area contributed by atoms with Crippen molar-refractivity contribution in [3.63, 3.8) is 0 Å². The van der Waals surface area contributed by atoms with Crippen molar-refractivity contribution in [1.29, 1.82) is 0 Å². The number of pyridine rings is 2. The molecular formula is C52H33N5. The van der Waals surface area contributed by atoms with Gasteiger partial charge in [-0.25, -0.2) is 19.9 Å². The quantitative estimate of drug-likeness (QED) is 0.171. The standard InChI is InChI=1S/C52H33N5/c1-4-13-35(14-5-1)49-55-50(57-51(56-49)47-29-25-34-22-23-37(33-48(34)54-47)36-26-28-46-38(31-36)15-12-30-53-46)39-24-27-43-42-20-10-11-21-44(42)52(45(43)32-39,40-16-6-2-7-17-40)41-18-8-3-9-19-41/h1-33H. The van der Waals surface area contributed by atoms with E-state index in [0.717, 1.165) is 44.1 Å². The summed E-state index contributed by atoms with van der Waals surface area (Å²) in [7, 11) is 0. The number of nitrogens with zero attached hydrogens (tertiary/aromatic N) is 5. The summed E-state index contributed by atoms with van der Waals surface area (Å²) in [5.41, 5.74) is 13.3. The van der Waals surface area contributed by atoms with Crippen molar-refractivity contribution in [2.24, 2.45) is 0 Å². The van der Waals surface area contributed by atoms with Gasteiger partial charge in [0.2, 0.25) is 0 Å². The first-order chi connectivity index (χ1) is 28.2. The molecule has 266 valence electrons. The minimum absolute atomic E-state index is 0.518. The number of hydrogen-bond donors (Lipinski definition) is 0. The van der Waals surface area contributed by atoms with Gasteiger partial charge in [-0.3, -0.25) is 4.98 Å². The van der Waals surface area contributed by atoms with Crippen LogP contribution in [-0.4, -0.2) is 24.9 Å². The zero-order chi connectivity index (χ0) is 37.8. The van der Waals surface area contributed by atoms with Crippen LogP contribution in [0.3, 0.4) is 0 Å². The van der Waals surface area contributed by atoms with E-state index in [1.807, 2.05) is 48.7 Å². The van der Waals surface area contributed by atoms with Gasteiger partial charge in [0.25, 0.3) is 0 Å². The molecule has 0 unspecified atom stereocenters. The van der Waals surface area contributed by atoms with E-state index < -0.39 is 5.41 Å². The Kier molecular flexibility index (Phi) is 7.64. The molecule has 0 bridgehead atoms. The van der Waals surface area contributed by atoms with Gasteiger partial charge in [0.15, 0.2) is 17.5 Å². The van der Waals surface area contributed by atoms with Crippen LogP contribution in [0.5, 0.6) is 0 Å². The molecule has 0 amide bonds. The molecule has 0 atom stereocenters. The molecule has 0 saturated heterocycles. The molecule has 0 fully saturated rings. The normalized spacial score (nSPS) is 12.7. The minimum Gasteiger partial charge on any atom is -0.256 e. The van der Waals surface area contributed by atoms with Gasteiger partial charge in [0.1, 0.15) is 5.69 Å². The number of rotatable bonds is 6. The Morgan fingerprint density at radius 2 is 0.947 bits per heavy atom. The van der Waals surface area contributed by atoms with E-state index in [1.165, 1.54) is 33.4 Å². The second-order valence-electron chi connectivity index (χ2n) is 14.5. The Labute approximate surface area is 330 Å². The smallest absolute Gasteiger partial charge is 0.182 e. The highest BCUT2D eigenvalue weighted by molar-refractivity contribution is 5.90. The molecule has 5 nitrogen and oxygen atoms in total. The van der Waals surface area contributed by atoms with Crippen LogP contribution in [-0.2, 0) is 5.41 Å². The molecule has 5 heteroatoms. The van der Waals surface area contributed by atoms with Gasteiger partial charge in [-0.2, -0.15) is 0 Å². The molecule has 57 heavy (non-hydrogen) atoms. The highest BCUT2D eigenvalue weighted by atomic mass is 15.0. The molecule has 0 N–H and O–H groups in total. The monoisotopic (exact) mass is 727 g/mol. The fourth-order valence-corrected chi connectivity index (χ4v) is 8.60. The Hall–Kier alpha value is -7.63. The molecule has 3 heterocycles. The number of hydrogen-bond acceptors (Lipinski definition) is 5. The second kappa shape index (κ2) is 13.3. The first-order valence-corrected chi connectivity index (χ1v) is 19.2. The number of fused-ring (bicyclic) bond motifs is 5. The summed E-state index contributed by atoms with van der Waals surface area (Å²) < 4.78 is 0. The first-order valence-electron chi connectivity index (χ1n) is 19.2. The Bertz CT molecular complexity index is 3090. The van der Waals surface area contributed by atoms with Crippen LogP contribution in [0, 0.1) is 0 Å². The van der Waals surface area contributed by atoms with Gasteiger partial charge in [-0.1, -0.05) is 158 Å². The van der Waals surface area contributed by atoms with E-state index >= 15 is 0 Å². The zero-order valence-corrected chi connectivity index (χ0v) is 30.8. The predicted octanol–water partition coefficient (Wildman–Crippen LogP) is 12.0. The van der Waals surface area contributed by atoms with Crippen molar-refractivity contribution in [3.8, 4) is 56.5 Å². The first kappa shape index (κ1) is 32.8. The Morgan fingerprint density at radius 1 is 0.333 bits per heavy atom. The van der Waals surface area contributed by atoms with Gasteiger partial charge < -0.3 is 0 Å². The van der Waals surface area contributed by atoms with Gasteiger partial charge >= 0.3 is 0 Å². The summed E-state index contributed by atoms with van der Waals surface area (Å²) in [5.74, 6) is 1.70. The van der Waals surface area contributed by atoms with Crippen LogP contribution in [0.2, 0.25) is 0 Å². The lowest BCUT2D eigenvalue weighted by Gasteiger charge is -2.34. The number of aromatic nitrogens is 5. The van der Waals surface area contributed by atoms with E-state index in [1.54, 1.807) is 0 Å². The number of benzene rings is 7. The summed E-state index contributed by atoms with van der Waals surface area (Å²) in [6.07, 6.45) is 1.82. The highest BCUT2D eigenvalue weighted by Crippen LogP contribution is 2.56. The maximum atomic E-state index is 5.20. The van der Waals surface area contributed by atoms with Crippen molar-refractivity contribution in [1.82, 2.24) is 24.9 Å². The maximum Gasteiger partial charge on any atom is 0.182 e. The van der Waals surface area contributed by atoms with E-state index in [2.05, 4.69) is 157 Å². The fourth-order valence-electron chi connectivity index (χ4n) is 8.60. The van der Waals surface area contributed by atoms with Gasteiger partial charge in [-0.05, 0) is 80.9 Å². The summed E-state index contributed by atoms with van der Waals surface area (Å²) >= 11 is 0. The van der Waals surface area contributed by atoms with Crippen LogP contribution in [0.1, 0.15) is 22.3 Å². The summed E-state index contributed by atoms with van der Waals surface area (Å²) in [4.78, 5) is 25.1. The molecule has 3 aromatic heterocycles. The lowest BCUT2D eigenvalue weighted by molar-refractivity contribution is 0.768. The van der Waals surface area contributed by atoms with E-state index in [4.69, 9.17) is 19.9 Å². The molecule has 1 aliphatic rings. The third-order valence-corrected chi connectivity index (χ3v) is 11.2. The molecule has 7 aromatic carbocycles. The van der Waals surface area contributed by atoms with E-state index in [0.29, 0.717) is 23.2 Å². The molecule has 11 rings (SSSR count). The van der Waals surface area contributed by atoms with Crippen LogP contribution in [0.25, 0.3) is 78.4 Å². The predicted molar refractivity (Wildman–Crippen MR) is 229 cm³/mol. The van der Waals surface area contributed by atoms with Crippen LogP contribution in [0.15, 0.2) is 200 Å². The minimum atomic E-state index is -0.540.